The fraction of sp³-hybridized carbons (Fsp3) is 0.167. The van der Waals surface area contributed by atoms with Gasteiger partial charge in [-0.3, -0.25) is 4.72 Å². The van der Waals surface area contributed by atoms with Crippen molar-refractivity contribution in [1.29, 1.82) is 0 Å². The summed E-state index contributed by atoms with van der Waals surface area (Å²) in [6.45, 7) is 0. The normalized spacial score (nSPS) is 11.4. The second-order valence-electron chi connectivity index (χ2n) is 4.33. The number of halogens is 1. The molecule has 1 aromatic carbocycles. The van der Waals surface area contributed by atoms with Crippen molar-refractivity contribution in [3.05, 3.63) is 42.2 Å². The van der Waals surface area contributed by atoms with Gasteiger partial charge in [-0.05, 0) is 36.4 Å². The minimum Gasteiger partial charge on any atom is -0.339 e. The molecule has 0 fully saturated rings. The molecule has 112 valence electrons. The number of rotatable bonds is 5. The van der Waals surface area contributed by atoms with Gasteiger partial charge >= 0.3 is 10.2 Å². The summed E-state index contributed by atoms with van der Waals surface area (Å²) in [4.78, 5) is 0. The second-order valence-corrected chi connectivity index (χ2v) is 6.21. The van der Waals surface area contributed by atoms with E-state index >= 15 is 0 Å². The van der Waals surface area contributed by atoms with Crippen LogP contribution in [-0.4, -0.2) is 37.0 Å². The predicted molar refractivity (Wildman–Crippen MR) is 77.9 cm³/mol. The van der Waals surface area contributed by atoms with Gasteiger partial charge < -0.3 is 5.32 Å². The molecule has 0 unspecified atom stereocenters. The Hall–Kier alpha value is -2.26. The lowest BCUT2D eigenvalue weighted by Crippen LogP contribution is -2.29. The molecule has 7 nitrogen and oxygen atoms in total. The summed E-state index contributed by atoms with van der Waals surface area (Å²) in [5.74, 6) is 0.183. The van der Waals surface area contributed by atoms with Crippen molar-refractivity contribution in [3.63, 3.8) is 0 Å². The lowest BCUT2D eigenvalue weighted by Gasteiger charge is -2.12. The van der Waals surface area contributed by atoms with Crippen LogP contribution in [0, 0.1) is 5.82 Å². The third kappa shape index (κ3) is 4.10. The van der Waals surface area contributed by atoms with Crippen molar-refractivity contribution < 1.29 is 12.8 Å². The molecule has 0 aliphatic carbocycles. The first-order chi connectivity index (χ1) is 9.87. The monoisotopic (exact) mass is 311 g/mol. The van der Waals surface area contributed by atoms with Crippen LogP contribution < -0.4 is 10.0 Å². The number of nitrogens with zero attached hydrogens (tertiary/aromatic N) is 3. The van der Waals surface area contributed by atoms with Crippen LogP contribution in [0.4, 0.5) is 21.7 Å². The van der Waals surface area contributed by atoms with E-state index in [-0.39, 0.29) is 11.6 Å². The molecule has 2 aromatic rings. The van der Waals surface area contributed by atoms with Crippen molar-refractivity contribution >= 4 is 27.5 Å². The van der Waals surface area contributed by atoms with E-state index in [9.17, 15) is 12.8 Å². The molecule has 0 bridgehead atoms. The molecule has 0 atom stereocenters. The quantitative estimate of drug-likeness (QED) is 0.875. The van der Waals surface area contributed by atoms with Gasteiger partial charge in [0.15, 0.2) is 11.6 Å². The van der Waals surface area contributed by atoms with E-state index in [1.165, 1.54) is 32.3 Å². The van der Waals surface area contributed by atoms with Gasteiger partial charge in [0.2, 0.25) is 0 Å². The Labute approximate surface area is 122 Å². The predicted octanol–water partition coefficient (Wildman–Crippen LogP) is 1.58. The Morgan fingerprint density at radius 1 is 1.00 bits per heavy atom. The van der Waals surface area contributed by atoms with Crippen molar-refractivity contribution in [2.24, 2.45) is 0 Å². The van der Waals surface area contributed by atoms with E-state index in [1.54, 1.807) is 18.2 Å². The second kappa shape index (κ2) is 6.02. The Balaban J connectivity index is 2.07. The molecule has 0 aliphatic heterocycles. The largest absolute Gasteiger partial charge is 0.339 e. The summed E-state index contributed by atoms with van der Waals surface area (Å²) in [6, 6.07) is 8.77. The van der Waals surface area contributed by atoms with Gasteiger partial charge in [0.05, 0.1) is 0 Å². The van der Waals surface area contributed by atoms with E-state index in [0.717, 1.165) is 4.31 Å². The van der Waals surface area contributed by atoms with Crippen molar-refractivity contribution in [1.82, 2.24) is 14.5 Å². The van der Waals surface area contributed by atoms with Gasteiger partial charge in [0, 0.05) is 19.8 Å². The van der Waals surface area contributed by atoms with E-state index in [0.29, 0.717) is 11.5 Å². The molecule has 2 rings (SSSR count). The molecule has 0 aliphatic rings. The fourth-order valence-corrected chi connectivity index (χ4v) is 1.91. The molecule has 0 amide bonds. The minimum absolute atomic E-state index is 0.105. The van der Waals surface area contributed by atoms with E-state index in [2.05, 4.69) is 20.2 Å². The molecule has 2 N–H and O–H groups in total. The zero-order valence-electron chi connectivity index (χ0n) is 11.4. The van der Waals surface area contributed by atoms with Crippen LogP contribution in [0.25, 0.3) is 0 Å². The van der Waals surface area contributed by atoms with Gasteiger partial charge in [-0.2, -0.15) is 12.7 Å². The van der Waals surface area contributed by atoms with Crippen LogP contribution in [0.5, 0.6) is 0 Å². The summed E-state index contributed by atoms with van der Waals surface area (Å²) in [6.07, 6.45) is 0. The number of nitrogens with one attached hydrogen (secondary N) is 2. The molecular formula is C12H14FN5O2S. The molecule has 21 heavy (non-hydrogen) atoms. The average molecular weight is 311 g/mol. The van der Waals surface area contributed by atoms with Gasteiger partial charge in [0.25, 0.3) is 0 Å². The first-order valence-corrected chi connectivity index (χ1v) is 7.37. The number of benzene rings is 1. The maximum Gasteiger partial charge on any atom is 0.302 e. The van der Waals surface area contributed by atoms with Gasteiger partial charge in [-0.25, -0.2) is 4.39 Å². The average Bonchev–Trinajstić information content (AvgIpc) is 2.43. The lowest BCUT2D eigenvalue weighted by atomic mass is 10.3. The molecule has 0 radical (unpaired) electrons. The van der Waals surface area contributed by atoms with Gasteiger partial charge in [0.1, 0.15) is 5.82 Å². The van der Waals surface area contributed by atoms with Crippen molar-refractivity contribution in [2.75, 3.05) is 24.1 Å². The Morgan fingerprint density at radius 3 is 2.10 bits per heavy atom. The topological polar surface area (TPSA) is 87.2 Å². The molecular weight excluding hydrogens is 297 g/mol. The first kappa shape index (κ1) is 15.1. The van der Waals surface area contributed by atoms with Crippen molar-refractivity contribution in [2.45, 2.75) is 0 Å². The summed E-state index contributed by atoms with van der Waals surface area (Å²) >= 11 is 0. The molecule has 1 aromatic heterocycles. The van der Waals surface area contributed by atoms with Crippen LogP contribution in [-0.2, 0) is 10.2 Å². The highest BCUT2D eigenvalue weighted by Gasteiger charge is 2.13. The lowest BCUT2D eigenvalue weighted by molar-refractivity contribution is 0.526. The third-order valence-electron chi connectivity index (χ3n) is 2.50. The molecule has 0 spiro atoms. The Morgan fingerprint density at radius 2 is 1.57 bits per heavy atom. The maximum atomic E-state index is 12.8. The Bertz CT molecular complexity index is 701. The maximum absolute atomic E-state index is 12.8. The highest BCUT2D eigenvalue weighted by Crippen LogP contribution is 2.15. The minimum atomic E-state index is -3.61. The third-order valence-corrected chi connectivity index (χ3v) is 3.92. The Kier molecular flexibility index (Phi) is 4.34. The molecule has 9 heteroatoms. The first-order valence-electron chi connectivity index (χ1n) is 5.93. The van der Waals surface area contributed by atoms with Crippen LogP contribution >= 0.6 is 0 Å². The van der Waals surface area contributed by atoms with Gasteiger partial charge in [-0.15, -0.1) is 10.2 Å². The standard InChI is InChI=1S/C12H14FN5O2S/c1-18(2)21(19,20)17-12-8-7-11(15-16-12)14-10-5-3-9(13)4-6-10/h3-8H,1-2H3,(H,14,15)(H,16,17). The zero-order chi connectivity index (χ0) is 15.5. The van der Waals surface area contributed by atoms with Crippen LogP contribution in [0.1, 0.15) is 0 Å². The SMILES string of the molecule is CN(C)S(=O)(=O)Nc1ccc(Nc2ccc(F)cc2)nn1. The molecule has 0 saturated carbocycles. The number of hydrogen-bond acceptors (Lipinski definition) is 5. The van der Waals surface area contributed by atoms with E-state index < -0.39 is 10.2 Å². The summed E-state index contributed by atoms with van der Waals surface area (Å²) < 4.78 is 39.3. The number of hydrogen-bond donors (Lipinski definition) is 2. The van der Waals surface area contributed by atoms with Crippen LogP contribution in [0.2, 0.25) is 0 Å². The highest BCUT2D eigenvalue weighted by atomic mass is 32.2. The smallest absolute Gasteiger partial charge is 0.302 e. The number of anilines is 3. The number of aromatic nitrogens is 2. The van der Waals surface area contributed by atoms with Crippen LogP contribution in [0.15, 0.2) is 36.4 Å². The summed E-state index contributed by atoms with van der Waals surface area (Å²) in [5.41, 5.74) is 0.646. The van der Waals surface area contributed by atoms with Crippen molar-refractivity contribution in [3.8, 4) is 0 Å². The molecule has 1 heterocycles. The molecule has 0 saturated heterocycles. The van der Waals surface area contributed by atoms with Crippen LogP contribution in [0.3, 0.4) is 0 Å². The highest BCUT2D eigenvalue weighted by molar-refractivity contribution is 7.90. The van der Waals surface area contributed by atoms with Gasteiger partial charge in [-0.1, -0.05) is 0 Å². The van der Waals surface area contributed by atoms with E-state index in [1.807, 2.05) is 0 Å². The fourth-order valence-electron chi connectivity index (χ4n) is 1.36. The summed E-state index contributed by atoms with van der Waals surface area (Å²) in [5, 5.41) is 10.5. The zero-order valence-corrected chi connectivity index (χ0v) is 12.2. The van der Waals surface area contributed by atoms with E-state index in [4.69, 9.17) is 0 Å². The summed E-state index contributed by atoms with van der Waals surface area (Å²) in [7, 11) is -0.803.